The molecule has 2 aliphatic rings. The van der Waals surface area contributed by atoms with Gasteiger partial charge in [0.15, 0.2) is 0 Å². The number of hydrogen-bond acceptors (Lipinski definition) is 3. The highest BCUT2D eigenvalue weighted by atomic mass is 16.2. The highest BCUT2D eigenvalue weighted by molar-refractivity contribution is 5.94. The number of fused-ring (bicyclic) bond motifs is 1. The van der Waals surface area contributed by atoms with Gasteiger partial charge in [0.25, 0.3) is 11.5 Å². The van der Waals surface area contributed by atoms with Crippen LogP contribution in [0.1, 0.15) is 86.3 Å². The third-order valence-electron chi connectivity index (χ3n) is 6.46. The highest BCUT2D eigenvalue weighted by Crippen LogP contribution is 2.27. The monoisotopic (exact) mass is 399 g/mol. The largest absolute Gasteiger partial charge is 0.349 e. The average Bonchev–Trinajstić information content (AvgIpc) is 2.76. The lowest BCUT2D eigenvalue weighted by Crippen LogP contribution is -2.45. The van der Waals surface area contributed by atoms with E-state index in [9.17, 15) is 9.59 Å². The zero-order valence-corrected chi connectivity index (χ0v) is 17.5. The number of azide groups is 1. The second kappa shape index (κ2) is 10.5. The molecule has 0 saturated heterocycles. The molecule has 1 fully saturated rings. The minimum atomic E-state index is -0.322. The summed E-state index contributed by atoms with van der Waals surface area (Å²) in [6.07, 6.45) is 11.5. The van der Waals surface area contributed by atoms with Crippen molar-refractivity contribution in [1.82, 2.24) is 9.88 Å². The molecule has 3 rings (SSSR count). The standard InChI is InChI=1S/C22H33N5O2/c1-2-3-13-27-20-12-8-7-11-17(20)14-18(22(27)29)21(28)25-19(15-24-26-23)16-9-5-4-6-10-16/h14,16,19H,2-13,15H2,1H3,(H,25,28). The van der Waals surface area contributed by atoms with Crippen molar-refractivity contribution in [2.24, 2.45) is 11.0 Å². The van der Waals surface area contributed by atoms with Gasteiger partial charge in [-0.05, 0) is 68.0 Å². The summed E-state index contributed by atoms with van der Waals surface area (Å²) in [5.41, 5.74) is 11.1. The van der Waals surface area contributed by atoms with Gasteiger partial charge in [0.1, 0.15) is 5.56 Å². The number of hydrogen-bond donors (Lipinski definition) is 1. The molecule has 7 heteroatoms. The molecule has 1 saturated carbocycles. The predicted molar refractivity (Wildman–Crippen MR) is 114 cm³/mol. The van der Waals surface area contributed by atoms with Crippen LogP contribution in [-0.4, -0.2) is 23.1 Å². The van der Waals surface area contributed by atoms with Gasteiger partial charge in [-0.2, -0.15) is 0 Å². The van der Waals surface area contributed by atoms with Gasteiger partial charge in [-0.3, -0.25) is 9.59 Å². The molecule has 1 amide bonds. The van der Waals surface area contributed by atoms with E-state index >= 15 is 0 Å². The average molecular weight is 400 g/mol. The summed E-state index contributed by atoms with van der Waals surface area (Å²) in [5.74, 6) is -0.0181. The van der Waals surface area contributed by atoms with E-state index in [1.807, 2.05) is 10.6 Å². The van der Waals surface area contributed by atoms with Crippen molar-refractivity contribution in [3.8, 4) is 0 Å². The Hall–Kier alpha value is -2.27. The molecule has 0 bridgehead atoms. The number of pyridine rings is 1. The first-order chi connectivity index (χ1) is 14.2. The van der Waals surface area contributed by atoms with Gasteiger partial charge in [0.2, 0.25) is 0 Å². The summed E-state index contributed by atoms with van der Waals surface area (Å²) >= 11 is 0. The smallest absolute Gasteiger partial charge is 0.263 e. The maximum atomic E-state index is 13.2. The number of unbranched alkanes of at least 4 members (excludes halogenated alkanes) is 1. The lowest BCUT2D eigenvalue weighted by molar-refractivity contribution is 0.0913. The maximum absolute atomic E-state index is 13.2. The summed E-state index contributed by atoms with van der Waals surface area (Å²) < 4.78 is 1.84. The molecule has 1 unspecified atom stereocenters. The lowest BCUT2D eigenvalue weighted by atomic mass is 9.83. The fourth-order valence-electron chi connectivity index (χ4n) is 4.82. The molecule has 2 aliphatic carbocycles. The Morgan fingerprint density at radius 1 is 1.28 bits per heavy atom. The molecule has 0 aromatic carbocycles. The number of aromatic nitrogens is 1. The van der Waals surface area contributed by atoms with Crippen LogP contribution in [0.25, 0.3) is 10.4 Å². The summed E-state index contributed by atoms with van der Waals surface area (Å²) in [6, 6.07) is 1.61. The second-order valence-corrected chi connectivity index (χ2v) is 8.44. The Kier molecular flexibility index (Phi) is 7.76. The fraction of sp³-hybridized carbons (Fsp3) is 0.727. The van der Waals surface area contributed by atoms with Gasteiger partial charge in [-0.25, -0.2) is 0 Å². The summed E-state index contributed by atoms with van der Waals surface area (Å²) in [7, 11) is 0. The highest BCUT2D eigenvalue weighted by Gasteiger charge is 2.27. The molecule has 29 heavy (non-hydrogen) atoms. The summed E-state index contributed by atoms with van der Waals surface area (Å²) in [6.45, 7) is 3.02. The Labute approximate surface area is 172 Å². The van der Waals surface area contributed by atoms with Crippen molar-refractivity contribution in [3.05, 3.63) is 43.7 Å². The molecule has 0 spiro atoms. The number of rotatable bonds is 8. The molecule has 1 atom stereocenters. The minimum Gasteiger partial charge on any atom is -0.349 e. The van der Waals surface area contributed by atoms with Gasteiger partial charge >= 0.3 is 0 Å². The van der Waals surface area contributed by atoms with Crippen molar-refractivity contribution >= 4 is 5.91 Å². The topological polar surface area (TPSA) is 99.9 Å². The van der Waals surface area contributed by atoms with Crippen molar-refractivity contribution < 1.29 is 4.79 Å². The predicted octanol–water partition coefficient (Wildman–Crippen LogP) is 4.52. The summed E-state index contributed by atoms with van der Waals surface area (Å²) in [5, 5.41) is 6.78. The van der Waals surface area contributed by atoms with Crippen molar-refractivity contribution in [2.45, 2.75) is 90.1 Å². The van der Waals surface area contributed by atoms with Gasteiger partial charge < -0.3 is 9.88 Å². The van der Waals surface area contributed by atoms with E-state index in [-0.39, 0.29) is 29.6 Å². The lowest BCUT2D eigenvalue weighted by Gasteiger charge is -2.30. The van der Waals surface area contributed by atoms with Crippen LogP contribution in [0.2, 0.25) is 0 Å². The van der Waals surface area contributed by atoms with Crippen LogP contribution in [0.5, 0.6) is 0 Å². The van der Waals surface area contributed by atoms with Gasteiger partial charge in [0, 0.05) is 29.7 Å². The number of carbonyl (C=O) groups is 1. The third-order valence-corrected chi connectivity index (χ3v) is 6.46. The van der Waals surface area contributed by atoms with Crippen LogP contribution in [0.15, 0.2) is 16.0 Å². The van der Waals surface area contributed by atoms with Crippen LogP contribution in [0.4, 0.5) is 0 Å². The Morgan fingerprint density at radius 3 is 2.76 bits per heavy atom. The molecule has 7 nitrogen and oxygen atoms in total. The summed E-state index contributed by atoms with van der Waals surface area (Å²) in [4.78, 5) is 29.2. The third kappa shape index (κ3) is 5.21. The first-order valence-corrected chi connectivity index (χ1v) is 11.2. The fourth-order valence-corrected chi connectivity index (χ4v) is 4.82. The zero-order valence-electron chi connectivity index (χ0n) is 17.5. The van der Waals surface area contributed by atoms with Crippen molar-refractivity contribution in [1.29, 1.82) is 0 Å². The Morgan fingerprint density at radius 2 is 2.03 bits per heavy atom. The zero-order chi connectivity index (χ0) is 20.6. The van der Waals surface area contributed by atoms with Crippen LogP contribution in [-0.2, 0) is 19.4 Å². The number of nitrogens with zero attached hydrogens (tertiary/aromatic N) is 4. The molecule has 1 aromatic rings. The van der Waals surface area contributed by atoms with Crippen LogP contribution in [0, 0.1) is 5.92 Å². The van der Waals surface area contributed by atoms with E-state index in [0.717, 1.165) is 75.5 Å². The van der Waals surface area contributed by atoms with Gasteiger partial charge in [-0.15, -0.1) is 0 Å². The minimum absolute atomic E-state index is 0.178. The number of carbonyl (C=O) groups excluding carboxylic acids is 1. The molecule has 0 aliphatic heterocycles. The number of nitrogens with one attached hydrogen (secondary N) is 1. The van der Waals surface area contributed by atoms with Crippen LogP contribution < -0.4 is 10.9 Å². The van der Waals surface area contributed by atoms with Gasteiger partial charge in [-0.1, -0.05) is 37.7 Å². The SMILES string of the molecule is CCCCn1c2c(cc(C(=O)NC(CN=[N+]=[N-])C3CCCCC3)c1=O)CCCC2. The molecule has 1 N–H and O–H groups in total. The van der Waals surface area contributed by atoms with E-state index < -0.39 is 0 Å². The molecular formula is C22H33N5O2. The normalized spacial score (nSPS) is 17.8. The van der Waals surface area contributed by atoms with Crippen molar-refractivity contribution in [2.75, 3.05) is 6.54 Å². The van der Waals surface area contributed by atoms with E-state index in [1.165, 1.54) is 6.42 Å². The first kappa shape index (κ1) is 21.4. The van der Waals surface area contributed by atoms with Crippen LogP contribution in [0.3, 0.4) is 0 Å². The quantitative estimate of drug-likeness (QED) is 0.395. The number of amides is 1. The van der Waals surface area contributed by atoms with Crippen molar-refractivity contribution in [3.63, 3.8) is 0 Å². The van der Waals surface area contributed by atoms with E-state index in [1.54, 1.807) is 0 Å². The van der Waals surface area contributed by atoms with Crippen LogP contribution >= 0.6 is 0 Å². The molecular weight excluding hydrogens is 366 g/mol. The van der Waals surface area contributed by atoms with Gasteiger partial charge in [0.05, 0.1) is 0 Å². The Bertz CT molecular complexity index is 819. The second-order valence-electron chi connectivity index (χ2n) is 8.44. The molecule has 1 heterocycles. The molecule has 1 aromatic heterocycles. The van der Waals surface area contributed by atoms with E-state index in [2.05, 4.69) is 22.3 Å². The van der Waals surface area contributed by atoms with E-state index in [0.29, 0.717) is 12.5 Å². The van der Waals surface area contributed by atoms with E-state index in [4.69, 9.17) is 5.53 Å². The molecule has 0 radical (unpaired) electrons. The number of aryl methyl sites for hydroxylation is 1. The Balaban J connectivity index is 1.88. The maximum Gasteiger partial charge on any atom is 0.263 e. The first-order valence-electron chi connectivity index (χ1n) is 11.2. The molecule has 158 valence electrons.